The van der Waals surface area contributed by atoms with Crippen molar-refractivity contribution in [3.05, 3.63) is 70.8 Å². The second kappa shape index (κ2) is 6.94. The Morgan fingerprint density at radius 1 is 1.18 bits per heavy atom. The minimum absolute atomic E-state index is 0.309. The van der Waals surface area contributed by atoms with Crippen molar-refractivity contribution in [1.82, 2.24) is 0 Å². The molecule has 2 rings (SSSR count). The number of carboxylic acids is 1. The van der Waals surface area contributed by atoms with Crippen LogP contribution in [0.25, 0.3) is 5.57 Å². The van der Waals surface area contributed by atoms with Crippen molar-refractivity contribution >= 4 is 11.5 Å². The summed E-state index contributed by atoms with van der Waals surface area (Å²) in [5.74, 6) is -0.209. The molecule has 22 heavy (non-hydrogen) atoms. The van der Waals surface area contributed by atoms with Gasteiger partial charge in [0.15, 0.2) is 0 Å². The van der Waals surface area contributed by atoms with Gasteiger partial charge in [-0.05, 0) is 49.6 Å². The molecule has 3 heteroatoms. The van der Waals surface area contributed by atoms with Gasteiger partial charge >= 0.3 is 5.97 Å². The lowest BCUT2D eigenvalue weighted by atomic mass is 9.96. The molecule has 0 aliphatic heterocycles. The average molecular weight is 296 g/mol. The Labute approximate surface area is 130 Å². The lowest BCUT2D eigenvalue weighted by molar-refractivity contribution is 0.0696. The summed E-state index contributed by atoms with van der Waals surface area (Å²) in [7, 11) is 0. The topological polar surface area (TPSA) is 46.5 Å². The fourth-order valence-electron chi connectivity index (χ4n) is 2.41. The summed E-state index contributed by atoms with van der Waals surface area (Å²) in [5.41, 5.74) is 3.98. The Morgan fingerprint density at radius 2 is 1.86 bits per heavy atom. The molecule has 0 aliphatic rings. The highest BCUT2D eigenvalue weighted by Gasteiger charge is 2.16. The number of benzene rings is 2. The zero-order valence-electron chi connectivity index (χ0n) is 13.1. The van der Waals surface area contributed by atoms with Gasteiger partial charge in [0, 0.05) is 5.56 Å². The van der Waals surface area contributed by atoms with Crippen molar-refractivity contribution in [3.63, 3.8) is 0 Å². The molecule has 0 atom stereocenters. The fraction of sp³-hybridized carbons (Fsp3) is 0.211. The van der Waals surface area contributed by atoms with Crippen LogP contribution >= 0.6 is 0 Å². The SMILES string of the molecule is CC=C(C)c1c(OCc2ccccc2)ccc(C(=O)O)c1C. The van der Waals surface area contributed by atoms with Gasteiger partial charge in [0.2, 0.25) is 0 Å². The Hall–Kier alpha value is -2.55. The summed E-state index contributed by atoms with van der Waals surface area (Å²) in [6.45, 7) is 6.17. The second-order valence-corrected chi connectivity index (χ2v) is 5.16. The Morgan fingerprint density at radius 3 is 2.45 bits per heavy atom. The van der Waals surface area contributed by atoms with Crippen LogP contribution in [0.3, 0.4) is 0 Å². The minimum atomic E-state index is -0.919. The molecule has 114 valence electrons. The molecule has 0 aliphatic carbocycles. The molecule has 2 aromatic rings. The fourth-order valence-corrected chi connectivity index (χ4v) is 2.41. The molecule has 0 radical (unpaired) electrons. The zero-order valence-corrected chi connectivity index (χ0v) is 13.1. The maximum Gasteiger partial charge on any atom is 0.335 e. The van der Waals surface area contributed by atoms with E-state index >= 15 is 0 Å². The van der Waals surface area contributed by atoms with Gasteiger partial charge in [0.05, 0.1) is 5.56 Å². The van der Waals surface area contributed by atoms with Gasteiger partial charge in [-0.1, -0.05) is 36.4 Å². The number of carbonyl (C=O) groups is 1. The summed E-state index contributed by atoms with van der Waals surface area (Å²) in [6, 6.07) is 13.2. The first kappa shape index (κ1) is 15.8. The molecule has 0 spiro atoms. The maximum atomic E-state index is 11.3. The van der Waals surface area contributed by atoms with Crippen molar-refractivity contribution in [2.75, 3.05) is 0 Å². The van der Waals surface area contributed by atoms with Crippen LogP contribution in [-0.4, -0.2) is 11.1 Å². The van der Waals surface area contributed by atoms with E-state index in [1.165, 1.54) is 0 Å². The molecular formula is C19H20O3. The first-order valence-electron chi connectivity index (χ1n) is 7.21. The van der Waals surface area contributed by atoms with E-state index < -0.39 is 5.97 Å². The Bertz CT molecular complexity index is 700. The summed E-state index contributed by atoms with van der Waals surface area (Å²) in [6.07, 6.45) is 1.96. The number of allylic oxidation sites excluding steroid dienone is 2. The molecule has 0 saturated heterocycles. The number of carboxylic acid groups (broad SMARTS) is 1. The molecule has 0 amide bonds. The highest BCUT2D eigenvalue weighted by atomic mass is 16.5. The lowest BCUT2D eigenvalue weighted by Crippen LogP contribution is -2.05. The van der Waals surface area contributed by atoms with E-state index in [1.54, 1.807) is 12.1 Å². The highest BCUT2D eigenvalue weighted by Crippen LogP contribution is 2.32. The number of hydrogen-bond donors (Lipinski definition) is 1. The van der Waals surface area contributed by atoms with Crippen LogP contribution in [0.1, 0.15) is 40.9 Å². The van der Waals surface area contributed by atoms with E-state index in [4.69, 9.17) is 4.74 Å². The van der Waals surface area contributed by atoms with Crippen molar-refractivity contribution in [2.45, 2.75) is 27.4 Å². The third kappa shape index (κ3) is 3.37. The molecule has 1 N–H and O–H groups in total. The Kier molecular flexibility index (Phi) is 4.99. The minimum Gasteiger partial charge on any atom is -0.488 e. The Balaban J connectivity index is 2.38. The van der Waals surface area contributed by atoms with Crippen molar-refractivity contribution in [1.29, 1.82) is 0 Å². The molecular weight excluding hydrogens is 276 g/mol. The molecule has 0 saturated carbocycles. The number of rotatable bonds is 5. The van der Waals surface area contributed by atoms with Gasteiger partial charge < -0.3 is 9.84 Å². The number of ether oxygens (including phenoxy) is 1. The molecule has 0 unspecified atom stereocenters. The van der Waals surface area contributed by atoms with E-state index in [9.17, 15) is 9.90 Å². The normalized spacial score (nSPS) is 11.3. The lowest BCUT2D eigenvalue weighted by Gasteiger charge is -2.16. The van der Waals surface area contributed by atoms with Crippen LogP contribution in [0.2, 0.25) is 0 Å². The number of aromatic carboxylic acids is 1. The van der Waals surface area contributed by atoms with Crippen LogP contribution < -0.4 is 4.74 Å². The van der Waals surface area contributed by atoms with Crippen LogP contribution in [0.5, 0.6) is 5.75 Å². The monoisotopic (exact) mass is 296 g/mol. The van der Waals surface area contributed by atoms with E-state index in [2.05, 4.69) is 0 Å². The van der Waals surface area contributed by atoms with Crippen molar-refractivity contribution in [2.24, 2.45) is 0 Å². The quantitative estimate of drug-likeness (QED) is 0.870. The smallest absolute Gasteiger partial charge is 0.335 e. The molecule has 2 aromatic carbocycles. The average Bonchev–Trinajstić information content (AvgIpc) is 2.52. The largest absolute Gasteiger partial charge is 0.488 e. The van der Waals surface area contributed by atoms with E-state index in [1.807, 2.05) is 57.2 Å². The molecule has 3 nitrogen and oxygen atoms in total. The first-order chi connectivity index (χ1) is 10.5. The third-order valence-electron chi connectivity index (χ3n) is 3.72. The van der Waals surface area contributed by atoms with Crippen LogP contribution in [0, 0.1) is 6.92 Å². The van der Waals surface area contributed by atoms with Gasteiger partial charge in [-0.3, -0.25) is 0 Å². The number of hydrogen-bond acceptors (Lipinski definition) is 2. The zero-order chi connectivity index (χ0) is 16.1. The molecule has 0 heterocycles. The maximum absolute atomic E-state index is 11.3. The summed E-state index contributed by atoms with van der Waals surface area (Å²) in [5, 5.41) is 9.28. The van der Waals surface area contributed by atoms with E-state index in [0.717, 1.165) is 22.3 Å². The van der Waals surface area contributed by atoms with E-state index in [0.29, 0.717) is 17.9 Å². The highest BCUT2D eigenvalue weighted by molar-refractivity contribution is 5.92. The summed E-state index contributed by atoms with van der Waals surface area (Å²) in [4.78, 5) is 11.3. The van der Waals surface area contributed by atoms with Gasteiger partial charge in [0.25, 0.3) is 0 Å². The first-order valence-corrected chi connectivity index (χ1v) is 7.21. The summed E-state index contributed by atoms with van der Waals surface area (Å²) >= 11 is 0. The predicted molar refractivity (Wildman–Crippen MR) is 88.2 cm³/mol. The molecule has 0 bridgehead atoms. The standard InChI is InChI=1S/C19H20O3/c1-4-13(2)18-14(3)16(19(20)21)10-11-17(18)22-12-15-8-6-5-7-9-15/h4-11H,12H2,1-3H3,(H,20,21). The van der Waals surface area contributed by atoms with Crippen LogP contribution in [0.4, 0.5) is 0 Å². The molecule has 0 fully saturated rings. The third-order valence-corrected chi connectivity index (χ3v) is 3.72. The van der Waals surface area contributed by atoms with Gasteiger partial charge in [-0.2, -0.15) is 0 Å². The van der Waals surface area contributed by atoms with Crippen LogP contribution in [-0.2, 0) is 6.61 Å². The summed E-state index contributed by atoms with van der Waals surface area (Å²) < 4.78 is 5.93. The van der Waals surface area contributed by atoms with Gasteiger partial charge in [-0.15, -0.1) is 0 Å². The predicted octanol–water partition coefficient (Wildman–Crippen LogP) is 4.70. The van der Waals surface area contributed by atoms with Crippen molar-refractivity contribution in [3.8, 4) is 5.75 Å². The van der Waals surface area contributed by atoms with E-state index in [-0.39, 0.29) is 0 Å². The molecule has 0 aromatic heterocycles. The van der Waals surface area contributed by atoms with Crippen LogP contribution in [0.15, 0.2) is 48.5 Å². The van der Waals surface area contributed by atoms with Gasteiger partial charge in [-0.25, -0.2) is 4.79 Å². The second-order valence-electron chi connectivity index (χ2n) is 5.16. The van der Waals surface area contributed by atoms with Gasteiger partial charge in [0.1, 0.15) is 12.4 Å². The van der Waals surface area contributed by atoms with Crippen molar-refractivity contribution < 1.29 is 14.6 Å².